The van der Waals surface area contributed by atoms with Gasteiger partial charge in [-0.15, -0.1) is 0 Å². The molecule has 0 unspecified atom stereocenters. The normalized spacial score (nSPS) is 10.9. The van der Waals surface area contributed by atoms with Gasteiger partial charge in [0.25, 0.3) is 0 Å². The van der Waals surface area contributed by atoms with Gasteiger partial charge in [-0.25, -0.2) is 4.79 Å². The predicted octanol–water partition coefficient (Wildman–Crippen LogP) is 2.27. The maximum absolute atomic E-state index is 11.8. The zero-order valence-corrected chi connectivity index (χ0v) is 5.55. The largest absolute Gasteiger partial charge is 0.457 e. The van der Waals surface area contributed by atoms with Gasteiger partial charge in [0, 0.05) is 6.07 Å². The Hall–Kier alpha value is -1.55. The van der Waals surface area contributed by atoms with Crippen molar-refractivity contribution >= 4 is 11.8 Å². The van der Waals surface area contributed by atoms with Crippen LogP contribution < -0.4 is 0 Å². The molecule has 3 nitrogen and oxygen atoms in total. The molecule has 1 heterocycles. The minimum Gasteiger partial charge on any atom is -0.457 e. The fourth-order valence-corrected chi connectivity index (χ4v) is 0.586. The highest BCUT2D eigenvalue weighted by Crippen LogP contribution is 2.32. The summed E-state index contributed by atoms with van der Waals surface area (Å²) in [5.41, 5.74) is -0.197. The van der Waals surface area contributed by atoms with Gasteiger partial charge in [-0.2, -0.15) is 18.2 Å². The molecule has 1 rings (SSSR count). The summed E-state index contributed by atoms with van der Waals surface area (Å²) in [4.78, 5) is 12.6. The van der Waals surface area contributed by atoms with E-state index in [4.69, 9.17) is 0 Å². The summed E-state index contributed by atoms with van der Waals surface area (Å²) in [5.74, 6) is -1.18. The number of hydrogen-bond acceptors (Lipinski definition) is 3. The van der Waals surface area contributed by atoms with Crippen molar-refractivity contribution < 1.29 is 22.4 Å². The first-order valence-electron chi connectivity index (χ1n) is 2.77. The second-order valence-electron chi connectivity index (χ2n) is 1.87. The van der Waals surface area contributed by atoms with Gasteiger partial charge in [0.2, 0.25) is 11.8 Å². The van der Waals surface area contributed by atoms with E-state index in [2.05, 4.69) is 9.41 Å². The molecule has 1 aromatic heterocycles. The molecular formula is C6H2F3NO2. The smallest absolute Gasteiger partial charge is 0.449 e. The quantitative estimate of drug-likeness (QED) is 0.487. The molecule has 0 aliphatic rings. The van der Waals surface area contributed by atoms with Gasteiger partial charge in [-0.05, 0) is 0 Å². The average molecular weight is 177 g/mol. The van der Waals surface area contributed by atoms with Crippen LogP contribution in [0.4, 0.5) is 18.9 Å². The van der Waals surface area contributed by atoms with Crippen LogP contribution in [0.5, 0.6) is 0 Å². The molecule has 0 spiro atoms. The van der Waals surface area contributed by atoms with Gasteiger partial charge in [0.15, 0.2) is 0 Å². The van der Waals surface area contributed by atoms with Crippen LogP contribution in [0.25, 0.3) is 0 Å². The SMILES string of the molecule is O=C=Nc1coc(C(F)(F)F)c1. The second kappa shape index (κ2) is 2.83. The lowest BCUT2D eigenvalue weighted by Gasteiger charge is -1.98. The summed E-state index contributed by atoms with van der Waals surface area (Å²) in [7, 11) is 0. The summed E-state index contributed by atoms with van der Waals surface area (Å²) >= 11 is 0. The molecule has 0 amide bonds. The average Bonchev–Trinajstić information content (AvgIpc) is 2.35. The third-order valence-electron chi connectivity index (χ3n) is 1.04. The van der Waals surface area contributed by atoms with Gasteiger partial charge < -0.3 is 4.42 Å². The standard InChI is InChI=1S/C6H2F3NO2/c7-6(8,9)5-1-4(2-12-5)10-3-11/h1-2H. The minimum atomic E-state index is -4.54. The molecule has 0 N–H and O–H groups in total. The van der Waals surface area contributed by atoms with Gasteiger partial charge in [-0.3, -0.25) is 0 Å². The first-order valence-corrected chi connectivity index (χ1v) is 2.77. The van der Waals surface area contributed by atoms with E-state index in [-0.39, 0.29) is 5.69 Å². The fraction of sp³-hybridized carbons (Fsp3) is 0.167. The Labute approximate surface area is 64.5 Å². The first-order chi connectivity index (χ1) is 5.54. The van der Waals surface area contributed by atoms with Crippen LogP contribution in [0.3, 0.4) is 0 Å². The Bertz CT molecular complexity index is 322. The highest BCUT2D eigenvalue weighted by atomic mass is 19.4. The van der Waals surface area contributed by atoms with E-state index in [0.29, 0.717) is 6.07 Å². The summed E-state index contributed by atoms with van der Waals surface area (Å²) in [6.07, 6.45) is -2.72. The van der Waals surface area contributed by atoms with Crippen LogP contribution in [0.2, 0.25) is 0 Å². The Morgan fingerprint density at radius 3 is 2.58 bits per heavy atom. The lowest BCUT2D eigenvalue weighted by molar-refractivity contribution is -0.153. The van der Waals surface area contributed by atoms with Crippen molar-refractivity contribution in [2.24, 2.45) is 4.99 Å². The Morgan fingerprint density at radius 1 is 1.50 bits per heavy atom. The van der Waals surface area contributed by atoms with Gasteiger partial charge in [-0.1, -0.05) is 0 Å². The van der Waals surface area contributed by atoms with Crippen molar-refractivity contribution in [3.8, 4) is 0 Å². The summed E-state index contributed by atoms with van der Waals surface area (Å²) in [5, 5.41) is 0. The molecule has 0 aliphatic heterocycles. The van der Waals surface area contributed by atoms with Gasteiger partial charge >= 0.3 is 6.18 Å². The molecule has 0 aliphatic carbocycles. The van der Waals surface area contributed by atoms with Gasteiger partial charge in [0.05, 0.1) is 0 Å². The molecule has 64 valence electrons. The molecule has 0 atom stereocenters. The maximum Gasteiger partial charge on any atom is 0.449 e. The van der Waals surface area contributed by atoms with Crippen molar-refractivity contribution in [2.45, 2.75) is 6.18 Å². The van der Waals surface area contributed by atoms with Crippen molar-refractivity contribution in [3.63, 3.8) is 0 Å². The number of furan rings is 1. The monoisotopic (exact) mass is 177 g/mol. The minimum absolute atomic E-state index is 0.197. The molecule has 0 aromatic carbocycles. The van der Waals surface area contributed by atoms with E-state index in [1.54, 1.807) is 0 Å². The molecular weight excluding hydrogens is 175 g/mol. The molecule has 0 saturated heterocycles. The van der Waals surface area contributed by atoms with E-state index in [0.717, 1.165) is 12.3 Å². The summed E-state index contributed by atoms with van der Waals surface area (Å²) in [6, 6.07) is 0.616. The third-order valence-corrected chi connectivity index (χ3v) is 1.04. The lowest BCUT2D eigenvalue weighted by Crippen LogP contribution is -2.01. The van der Waals surface area contributed by atoms with Crippen LogP contribution >= 0.6 is 0 Å². The zero-order valence-electron chi connectivity index (χ0n) is 5.55. The second-order valence-corrected chi connectivity index (χ2v) is 1.87. The van der Waals surface area contributed by atoms with E-state index in [1.165, 1.54) is 0 Å². The summed E-state index contributed by atoms with van der Waals surface area (Å²) < 4.78 is 39.5. The van der Waals surface area contributed by atoms with E-state index < -0.39 is 11.9 Å². The number of carbonyl (C=O) groups excluding carboxylic acids is 1. The van der Waals surface area contributed by atoms with Crippen LogP contribution in [0, 0.1) is 0 Å². The number of hydrogen-bond donors (Lipinski definition) is 0. The molecule has 1 aromatic rings. The molecule has 0 fully saturated rings. The first kappa shape index (κ1) is 8.55. The zero-order chi connectivity index (χ0) is 9.19. The van der Waals surface area contributed by atoms with Crippen LogP contribution in [0.1, 0.15) is 5.76 Å². The molecule has 0 bridgehead atoms. The molecule has 0 saturated carbocycles. The predicted molar refractivity (Wildman–Crippen MR) is 31.5 cm³/mol. The Morgan fingerprint density at radius 2 is 2.17 bits per heavy atom. The van der Waals surface area contributed by atoms with E-state index in [1.807, 2.05) is 0 Å². The fourth-order valence-electron chi connectivity index (χ4n) is 0.586. The number of nitrogens with zero attached hydrogens (tertiary/aromatic N) is 1. The highest BCUT2D eigenvalue weighted by molar-refractivity contribution is 5.47. The molecule has 0 radical (unpaired) electrons. The van der Waals surface area contributed by atoms with Crippen LogP contribution in [0.15, 0.2) is 21.7 Å². The lowest BCUT2D eigenvalue weighted by atomic mass is 10.4. The maximum atomic E-state index is 11.8. The third kappa shape index (κ3) is 1.73. The number of alkyl halides is 3. The van der Waals surface area contributed by atoms with E-state index >= 15 is 0 Å². The number of isocyanates is 1. The molecule has 6 heteroatoms. The van der Waals surface area contributed by atoms with Crippen LogP contribution in [-0.2, 0) is 11.0 Å². The van der Waals surface area contributed by atoms with E-state index in [9.17, 15) is 18.0 Å². The number of aliphatic imine (C=N–C) groups is 1. The highest BCUT2D eigenvalue weighted by Gasteiger charge is 2.34. The van der Waals surface area contributed by atoms with Crippen molar-refractivity contribution in [1.82, 2.24) is 0 Å². The van der Waals surface area contributed by atoms with Crippen molar-refractivity contribution in [1.29, 1.82) is 0 Å². The topological polar surface area (TPSA) is 42.6 Å². The Kier molecular flexibility index (Phi) is 2.01. The number of halogens is 3. The van der Waals surface area contributed by atoms with Gasteiger partial charge in [0.1, 0.15) is 12.0 Å². The summed E-state index contributed by atoms with van der Waals surface area (Å²) in [6.45, 7) is 0. The molecule has 12 heavy (non-hydrogen) atoms. The van der Waals surface area contributed by atoms with Crippen LogP contribution in [-0.4, -0.2) is 6.08 Å². The number of rotatable bonds is 1. The van der Waals surface area contributed by atoms with Crippen molar-refractivity contribution in [3.05, 3.63) is 18.1 Å². The Balaban J connectivity index is 2.99. The van der Waals surface area contributed by atoms with Crippen molar-refractivity contribution in [2.75, 3.05) is 0 Å².